The number of nitriles is 1. The smallest absolute Gasteiger partial charge is 0.0991 e. The van der Waals surface area contributed by atoms with Crippen LogP contribution in [0.2, 0.25) is 0 Å². The molecule has 1 aromatic carbocycles. The van der Waals surface area contributed by atoms with E-state index < -0.39 is 6.10 Å². The Balaban J connectivity index is 2.18. The summed E-state index contributed by atoms with van der Waals surface area (Å²) in [6, 6.07) is 9.00. The largest absolute Gasteiger partial charge is 0.386 e. The average molecular weight is 320 g/mol. The van der Waals surface area contributed by atoms with Crippen molar-refractivity contribution in [2.75, 3.05) is 0 Å². The first-order valence-electron chi connectivity index (χ1n) is 5.90. The summed E-state index contributed by atoms with van der Waals surface area (Å²) in [6.45, 7) is 4.27. The Hall–Kier alpha value is -1.64. The van der Waals surface area contributed by atoms with Gasteiger partial charge in [0.2, 0.25) is 0 Å². The van der Waals surface area contributed by atoms with E-state index in [-0.39, 0.29) is 0 Å². The highest BCUT2D eigenvalue weighted by atomic mass is 79.9. The van der Waals surface area contributed by atoms with Gasteiger partial charge in [-0.15, -0.1) is 0 Å². The van der Waals surface area contributed by atoms with Crippen LogP contribution < -0.4 is 0 Å². The number of hydrogen-bond acceptors (Lipinski definition) is 3. The third kappa shape index (κ3) is 2.86. The molecule has 0 aliphatic rings. The summed E-state index contributed by atoms with van der Waals surface area (Å²) >= 11 is 3.46. The number of aliphatic hydroxyl groups is 1. The Labute approximate surface area is 120 Å². The SMILES string of the molecule is Cc1nn(CC(O)c2ccc(C#N)cc2)c(C)c1Br. The maximum Gasteiger partial charge on any atom is 0.0991 e. The van der Waals surface area contributed by atoms with Crippen molar-refractivity contribution in [1.29, 1.82) is 5.26 Å². The molecule has 98 valence electrons. The first-order valence-corrected chi connectivity index (χ1v) is 6.70. The molecule has 0 radical (unpaired) electrons. The number of rotatable bonds is 3. The summed E-state index contributed by atoms with van der Waals surface area (Å²) in [6.07, 6.45) is -0.641. The van der Waals surface area contributed by atoms with Crippen molar-refractivity contribution >= 4 is 15.9 Å². The van der Waals surface area contributed by atoms with Gasteiger partial charge in [-0.3, -0.25) is 4.68 Å². The molecule has 5 heteroatoms. The van der Waals surface area contributed by atoms with Crippen LogP contribution in [-0.2, 0) is 6.54 Å². The van der Waals surface area contributed by atoms with Crippen LogP contribution in [0.3, 0.4) is 0 Å². The molecule has 19 heavy (non-hydrogen) atoms. The van der Waals surface area contributed by atoms with Gasteiger partial charge in [0.15, 0.2) is 0 Å². The van der Waals surface area contributed by atoms with Gasteiger partial charge < -0.3 is 5.11 Å². The first-order chi connectivity index (χ1) is 9.02. The van der Waals surface area contributed by atoms with E-state index in [0.29, 0.717) is 12.1 Å². The number of aromatic nitrogens is 2. The number of benzene rings is 1. The predicted octanol–water partition coefficient (Wildman–Crippen LogP) is 2.87. The minimum atomic E-state index is -0.641. The predicted molar refractivity (Wildman–Crippen MR) is 75.5 cm³/mol. The minimum absolute atomic E-state index is 0.393. The van der Waals surface area contributed by atoms with Crippen molar-refractivity contribution in [3.05, 3.63) is 51.3 Å². The number of halogens is 1. The molecular weight excluding hydrogens is 306 g/mol. The van der Waals surface area contributed by atoms with E-state index in [0.717, 1.165) is 21.4 Å². The third-order valence-corrected chi connectivity index (χ3v) is 4.21. The summed E-state index contributed by atoms with van der Waals surface area (Å²) in [5, 5.41) is 23.3. The summed E-state index contributed by atoms with van der Waals surface area (Å²) in [5.41, 5.74) is 3.27. The quantitative estimate of drug-likeness (QED) is 0.946. The molecule has 1 unspecified atom stereocenters. The normalized spacial score (nSPS) is 12.2. The fourth-order valence-electron chi connectivity index (χ4n) is 1.90. The average Bonchev–Trinajstić information content (AvgIpc) is 2.66. The lowest BCUT2D eigenvalue weighted by Crippen LogP contribution is -2.11. The topological polar surface area (TPSA) is 61.8 Å². The van der Waals surface area contributed by atoms with Crippen molar-refractivity contribution in [2.24, 2.45) is 0 Å². The first kappa shape index (κ1) is 13.8. The molecule has 1 aromatic heterocycles. The Bertz CT molecular complexity index is 625. The standard InChI is InChI=1S/C14H14BrN3O/c1-9-14(15)10(2)18(17-9)8-13(19)12-5-3-11(7-16)4-6-12/h3-6,13,19H,8H2,1-2H3. The van der Waals surface area contributed by atoms with Crippen LogP contribution in [0.4, 0.5) is 0 Å². The van der Waals surface area contributed by atoms with Crippen molar-refractivity contribution in [3.8, 4) is 6.07 Å². The zero-order valence-corrected chi connectivity index (χ0v) is 12.3. The molecule has 1 heterocycles. The highest BCUT2D eigenvalue weighted by molar-refractivity contribution is 9.10. The van der Waals surface area contributed by atoms with E-state index in [1.54, 1.807) is 28.9 Å². The van der Waals surface area contributed by atoms with Gasteiger partial charge in [-0.05, 0) is 47.5 Å². The van der Waals surface area contributed by atoms with Crippen LogP contribution in [0.5, 0.6) is 0 Å². The van der Waals surface area contributed by atoms with Crippen LogP contribution in [0, 0.1) is 25.2 Å². The lowest BCUT2D eigenvalue weighted by Gasteiger charge is -2.12. The van der Waals surface area contributed by atoms with Gasteiger partial charge in [0.1, 0.15) is 0 Å². The van der Waals surface area contributed by atoms with Gasteiger partial charge in [0.05, 0.1) is 34.4 Å². The Kier molecular flexibility index (Phi) is 4.03. The lowest BCUT2D eigenvalue weighted by atomic mass is 10.1. The molecule has 0 aliphatic heterocycles. The second kappa shape index (κ2) is 5.55. The van der Waals surface area contributed by atoms with Crippen LogP contribution >= 0.6 is 15.9 Å². The van der Waals surface area contributed by atoms with Crippen molar-refractivity contribution in [1.82, 2.24) is 9.78 Å². The molecule has 0 aliphatic carbocycles. The Morgan fingerprint density at radius 3 is 2.47 bits per heavy atom. The number of nitrogens with zero attached hydrogens (tertiary/aromatic N) is 3. The van der Waals surface area contributed by atoms with Crippen LogP contribution in [0.15, 0.2) is 28.7 Å². The van der Waals surface area contributed by atoms with Gasteiger partial charge in [0, 0.05) is 5.69 Å². The molecule has 1 N–H and O–H groups in total. The molecular formula is C14H14BrN3O. The van der Waals surface area contributed by atoms with Gasteiger partial charge in [-0.1, -0.05) is 12.1 Å². The maximum atomic E-state index is 10.2. The molecule has 2 rings (SSSR count). The highest BCUT2D eigenvalue weighted by Crippen LogP contribution is 2.22. The fourth-order valence-corrected chi connectivity index (χ4v) is 2.19. The lowest BCUT2D eigenvalue weighted by molar-refractivity contribution is 0.150. The van der Waals surface area contributed by atoms with Gasteiger partial charge in [0.25, 0.3) is 0 Å². The van der Waals surface area contributed by atoms with Crippen LogP contribution in [0.25, 0.3) is 0 Å². The highest BCUT2D eigenvalue weighted by Gasteiger charge is 2.14. The summed E-state index contributed by atoms with van der Waals surface area (Å²) in [4.78, 5) is 0. The molecule has 0 saturated heterocycles. The van der Waals surface area contributed by atoms with Crippen molar-refractivity contribution in [3.63, 3.8) is 0 Å². The van der Waals surface area contributed by atoms with Gasteiger partial charge in [-0.25, -0.2) is 0 Å². The molecule has 0 fully saturated rings. The van der Waals surface area contributed by atoms with E-state index in [9.17, 15) is 5.11 Å². The third-order valence-electron chi connectivity index (χ3n) is 3.06. The molecule has 0 spiro atoms. The summed E-state index contributed by atoms with van der Waals surface area (Å²) in [5.74, 6) is 0. The molecule has 4 nitrogen and oxygen atoms in total. The Morgan fingerprint density at radius 2 is 2.00 bits per heavy atom. The number of aliphatic hydroxyl groups excluding tert-OH is 1. The minimum Gasteiger partial charge on any atom is -0.386 e. The zero-order valence-electron chi connectivity index (χ0n) is 10.8. The second-order valence-corrected chi connectivity index (χ2v) is 5.21. The van der Waals surface area contributed by atoms with Gasteiger partial charge in [-0.2, -0.15) is 10.4 Å². The van der Waals surface area contributed by atoms with Crippen LogP contribution in [0.1, 0.15) is 28.6 Å². The number of aryl methyl sites for hydroxylation is 1. The monoisotopic (exact) mass is 319 g/mol. The Morgan fingerprint density at radius 1 is 1.37 bits per heavy atom. The van der Waals surface area contributed by atoms with Crippen LogP contribution in [-0.4, -0.2) is 14.9 Å². The zero-order chi connectivity index (χ0) is 14.0. The van der Waals surface area contributed by atoms with E-state index in [2.05, 4.69) is 27.1 Å². The summed E-state index contributed by atoms with van der Waals surface area (Å²) in [7, 11) is 0. The molecule has 2 aromatic rings. The fraction of sp³-hybridized carbons (Fsp3) is 0.286. The second-order valence-electron chi connectivity index (χ2n) is 4.42. The molecule has 0 amide bonds. The van der Waals surface area contributed by atoms with E-state index in [1.807, 2.05) is 13.8 Å². The van der Waals surface area contributed by atoms with E-state index in [4.69, 9.17) is 5.26 Å². The molecule has 0 saturated carbocycles. The number of hydrogen-bond donors (Lipinski definition) is 1. The van der Waals surface area contributed by atoms with Crippen molar-refractivity contribution in [2.45, 2.75) is 26.5 Å². The van der Waals surface area contributed by atoms with E-state index in [1.165, 1.54) is 0 Å². The van der Waals surface area contributed by atoms with Crippen molar-refractivity contribution < 1.29 is 5.11 Å². The van der Waals surface area contributed by atoms with E-state index >= 15 is 0 Å². The maximum absolute atomic E-state index is 10.2. The molecule has 0 bridgehead atoms. The molecule has 1 atom stereocenters. The van der Waals surface area contributed by atoms with Gasteiger partial charge >= 0.3 is 0 Å². The summed E-state index contributed by atoms with van der Waals surface area (Å²) < 4.78 is 2.75.